The maximum absolute atomic E-state index is 5.82. The first-order valence-electron chi connectivity index (χ1n) is 5.87. The maximum atomic E-state index is 5.82. The molecular weight excluding hydrogens is 411 g/mol. The van der Waals surface area contributed by atoms with Crippen LogP contribution in [0.5, 0.6) is 11.5 Å². The highest BCUT2D eigenvalue weighted by Crippen LogP contribution is 2.29. The normalized spacial score (nSPS) is 7.91. The fourth-order valence-corrected chi connectivity index (χ4v) is 1.95. The zero-order valence-corrected chi connectivity index (χ0v) is 19.5. The van der Waals surface area contributed by atoms with Crippen molar-refractivity contribution < 1.29 is 9.47 Å². The Kier molecular flexibility index (Phi) is 23.0. The Balaban J connectivity index is -0.000000361. The monoisotopic (exact) mass is 436 g/mol. The molecule has 134 valence electrons. The van der Waals surface area contributed by atoms with Crippen LogP contribution in [0.1, 0.15) is 11.1 Å². The topological polar surface area (TPSA) is 18.5 Å². The van der Waals surface area contributed by atoms with Crippen LogP contribution in [0.2, 0.25) is 0 Å². The Bertz CT molecular complexity index is 517. The fourth-order valence-electron chi connectivity index (χ4n) is 1.70. The van der Waals surface area contributed by atoms with E-state index in [4.69, 9.17) is 9.47 Å². The molecule has 0 radical (unpaired) electrons. The van der Waals surface area contributed by atoms with Gasteiger partial charge in [-0.25, -0.2) is 0 Å². The smallest absolute Gasteiger partial charge is 0.161 e. The molecule has 0 aliphatic carbocycles. The fraction of sp³-hybridized carbons (Fsp3) is 0.200. The maximum Gasteiger partial charge on any atom is 0.161 e. The van der Waals surface area contributed by atoms with E-state index in [2.05, 4.69) is 9.24 Å². The first-order valence-corrected chi connectivity index (χ1v) is 6.69. The predicted molar refractivity (Wildman–Crippen MR) is 121 cm³/mol. The van der Waals surface area contributed by atoms with Crippen molar-refractivity contribution in [1.29, 1.82) is 0 Å². The van der Waals surface area contributed by atoms with Crippen molar-refractivity contribution in [2.24, 2.45) is 0 Å². The van der Waals surface area contributed by atoms with E-state index in [9.17, 15) is 0 Å². The number of benzene rings is 2. The number of rotatable bonds is 5. The van der Waals surface area contributed by atoms with E-state index >= 15 is 0 Å². The van der Waals surface area contributed by atoms with Crippen molar-refractivity contribution in [2.75, 3.05) is 7.11 Å². The lowest BCUT2D eigenvalue weighted by Gasteiger charge is -2.12. The lowest BCUT2D eigenvalue weighted by molar-refractivity contribution is 0.284. The number of halogens is 3. The molecule has 2 rings (SSSR count). The van der Waals surface area contributed by atoms with Gasteiger partial charge in [0, 0.05) is 0 Å². The van der Waals surface area contributed by atoms with Gasteiger partial charge in [-0.1, -0.05) is 36.4 Å². The minimum Gasteiger partial charge on any atom is -0.493 e. The highest BCUT2D eigenvalue weighted by Gasteiger charge is 2.05. The molecule has 0 heterocycles. The van der Waals surface area contributed by atoms with Crippen LogP contribution in [-0.2, 0) is 12.8 Å². The molecule has 0 aliphatic rings. The van der Waals surface area contributed by atoms with Crippen LogP contribution in [0.15, 0.2) is 48.5 Å². The van der Waals surface area contributed by atoms with Crippen molar-refractivity contribution >= 4 is 66.3 Å². The number of hydrogen-bond donors (Lipinski definition) is 0. The minimum atomic E-state index is 0. The van der Waals surface area contributed by atoms with E-state index in [0.29, 0.717) is 6.61 Å². The molecule has 3 unspecified atom stereocenters. The van der Waals surface area contributed by atoms with Crippen molar-refractivity contribution in [3.05, 3.63) is 59.7 Å². The molecule has 8 heteroatoms. The van der Waals surface area contributed by atoms with E-state index in [-0.39, 0.29) is 57.0 Å². The standard InChI is InChI=1S/C15H17O2P.3ClH.2H3P/c1-16-14-8-7-13(11-18)9-15(14)17-10-12-5-3-2-4-6-12;;;;;/h2-9H,10-11,18H2,1H3;3*1H;2*1H3. The highest BCUT2D eigenvalue weighted by atomic mass is 35.5. The summed E-state index contributed by atoms with van der Waals surface area (Å²) in [6.45, 7) is 0.553. The summed E-state index contributed by atoms with van der Waals surface area (Å²) in [6, 6.07) is 16.1. The van der Waals surface area contributed by atoms with Crippen molar-refractivity contribution in [3.8, 4) is 11.5 Å². The van der Waals surface area contributed by atoms with Crippen molar-refractivity contribution in [3.63, 3.8) is 0 Å². The van der Waals surface area contributed by atoms with E-state index in [1.54, 1.807) is 7.11 Å². The molecule has 23 heavy (non-hydrogen) atoms. The Morgan fingerprint density at radius 3 is 1.96 bits per heavy atom. The number of ether oxygens (including phenoxy) is 2. The van der Waals surface area contributed by atoms with Gasteiger partial charge >= 0.3 is 0 Å². The zero-order valence-electron chi connectivity index (χ0n) is 13.1. The first kappa shape index (κ1) is 31.0. The van der Waals surface area contributed by atoms with Gasteiger partial charge in [0.25, 0.3) is 0 Å². The van der Waals surface area contributed by atoms with Crippen LogP contribution in [0.25, 0.3) is 0 Å². The average molecular weight is 438 g/mol. The van der Waals surface area contributed by atoms with Crippen molar-refractivity contribution in [1.82, 2.24) is 0 Å². The largest absolute Gasteiger partial charge is 0.493 e. The van der Waals surface area contributed by atoms with Crippen LogP contribution in [0.3, 0.4) is 0 Å². The van der Waals surface area contributed by atoms with Crippen LogP contribution >= 0.6 is 66.3 Å². The molecule has 0 saturated heterocycles. The summed E-state index contributed by atoms with van der Waals surface area (Å²) in [5.74, 6) is 1.56. The molecule has 0 aromatic heterocycles. The third-order valence-electron chi connectivity index (χ3n) is 2.70. The summed E-state index contributed by atoms with van der Waals surface area (Å²) >= 11 is 0. The SMILES string of the molecule is COc1ccc(CP)cc1OCc1ccccc1.Cl.Cl.Cl.P.P. The summed E-state index contributed by atoms with van der Waals surface area (Å²) in [5.41, 5.74) is 2.36. The number of methoxy groups -OCH3 is 1. The molecule has 0 bridgehead atoms. The second-order valence-electron chi connectivity index (χ2n) is 3.96. The third-order valence-corrected chi connectivity index (χ3v) is 3.17. The molecule has 2 aromatic carbocycles. The van der Waals surface area contributed by atoms with Gasteiger partial charge in [-0.05, 0) is 29.4 Å². The van der Waals surface area contributed by atoms with Crippen LogP contribution in [-0.4, -0.2) is 7.11 Å². The second-order valence-corrected chi connectivity index (χ2v) is 4.37. The quantitative estimate of drug-likeness (QED) is 0.611. The van der Waals surface area contributed by atoms with Crippen molar-refractivity contribution in [2.45, 2.75) is 12.8 Å². The molecule has 0 N–H and O–H groups in total. The molecule has 0 spiro atoms. The van der Waals surface area contributed by atoms with Gasteiger partial charge < -0.3 is 9.47 Å². The molecule has 0 saturated carbocycles. The Morgan fingerprint density at radius 2 is 1.43 bits per heavy atom. The van der Waals surface area contributed by atoms with E-state index in [0.717, 1.165) is 23.2 Å². The molecule has 2 aromatic rings. The van der Waals surface area contributed by atoms with E-state index in [1.165, 1.54) is 5.56 Å². The minimum absolute atomic E-state index is 0. The Hall–Kier alpha value is 0.200. The van der Waals surface area contributed by atoms with Gasteiger partial charge in [0.2, 0.25) is 0 Å². The lowest BCUT2D eigenvalue weighted by atomic mass is 10.2. The van der Waals surface area contributed by atoms with Crippen LogP contribution in [0.4, 0.5) is 0 Å². The Labute approximate surface area is 166 Å². The molecular formula is C15H26Cl3O2P3. The second kappa shape index (κ2) is 17.0. The predicted octanol–water partition coefficient (Wildman–Crippen LogP) is 5.03. The van der Waals surface area contributed by atoms with Crippen LogP contribution < -0.4 is 9.47 Å². The molecule has 0 fully saturated rings. The molecule has 3 atom stereocenters. The lowest BCUT2D eigenvalue weighted by Crippen LogP contribution is -1.98. The summed E-state index contributed by atoms with van der Waals surface area (Å²) in [4.78, 5) is 0. The summed E-state index contributed by atoms with van der Waals surface area (Å²) in [6.07, 6.45) is 0.908. The molecule has 0 aliphatic heterocycles. The zero-order chi connectivity index (χ0) is 12.8. The summed E-state index contributed by atoms with van der Waals surface area (Å²) < 4.78 is 11.1. The van der Waals surface area contributed by atoms with Gasteiger partial charge in [0.05, 0.1) is 7.11 Å². The van der Waals surface area contributed by atoms with E-state index in [1.807, 2.05) is 48.5 Å². The van der Waals surface area contributed by atoms with Crippen LogP contribution in [0, 0.1) is 0 Å². The van der Waals surface area contributed by atoms with Gasteiger partial charge in [-0.3, -0.25) is 0 Å². The first-order chi connectivity index (χ1) is 8.83. The van der Waals surface area contributed by atoms with Gasteiger partial charge in [0.15, 0.2) is 11.5 Å². The average Bonchev–Trinajstić information content (AvgIpc) is 2.45. The van der Waals surface area contributed by atoms with E-state index < -0.39 is 0 Å². The van der Waals surface area contributed by atoms with Gasteiger partial charge in [-0.15, -0.1) is 46.5 Å². The molecule has 2 nitrogen and oxygen atoms in total. The van der Waals surface area contributed by atoms with Gasteiger partial charge in [0.1, 0.15) is 6.61 Å². The third kappa shape index (κ3) is 9.93. The van der Waals surface area contributed by atoms with Gasteiger partial charge in [-0.2, -0.15) is 19.8 Å². The summed E-state index contributed by atoms with van der Waals surface area (Å²) in [7, 11) is 4.37. The highest BCUT2D eigenvalue weighted by molar-refractivity contribution is 7.15. The number of hydrogen-bond acceptors (Lipinski definition) is 2. The molecule has 0 amide bonds. The summed E-state index contributed by atoms with van der Waals surface area (Å²) in [5, 5.41) is 0. The Morgan fingerprint density at radius 1 is 0.826 bits per heavy atom.